The van der Waals surface area contributed by atoms with Gasteiger partial charge in [-0.3, -0.25) is 9.78 Å². The smallest absolute Gasteiger partial charge is 0.251 e. The molecular formula is C13H13N3O. The highest BCUT2D eigenvalue weighted by Crippen LogP contribution is 2.24. The molecule has 0 saturated heterocycles. The van der Waals surface area contributed by atoms with Crippen molar-refractivity contribution in [1.82, 2.24) is 4.98 Å². The number of carbonyl (C=O) groups is 1. The zero-order chi connectivity index (χ0) is 12.3. The molecule has 0 atom stereocenters. The average molecular weight is 227 g/mol. The number of nitrogens with two attached hydrogens (primary N) is 2. The van der Waals surface area contributed by atoms with E-state index in [2.05, 4.69) is 4.98 Å². The first-order valence-electron chi connectivity index (χ1n) is 5.27. The predicted octanol–water partition coefficient (Wildman–Crippen LogP) is 1.31. The molecule has 4 nitrogen and oxygen atoms in total. The lowest BCUT2D eigenvalue weighted by Gasteiger charge is -2.10. The van der Waals surface area contributed by atoms with Gasteiger partial charge in [0.05, 0.1) is 11.3 Å². The van der Waals surface area contributed by atoms with Crippen molar-refractivity contribution in [2.45, 2.75) is 6.54 Å². The van der Waals surface area contributed by atoms with E-state index in [1.54, 1.807) is 12.3 Å². The van der Waals surface area contributed by atoms with Crippen molar-refractivity contribution in [2.24, 2.45) is 11.5 Å². The number of rotatable bonds is 3. The van der Waals surface area contributed by atoms with Crippen molar-refractivity contribution in [2.75, 3.05) is 0 Å². The van der Waals surface area contributed by atoms with Crippen LogP contribution in [0.4, 0.5) is 0 Å². The van der Waals surface area contributed by atoms with E-state index in [9.17, 15) is 4.79 Å². The first kappa shape index (κ1) is 11.3. The van der Waals surface area contributed by atoms with E-state index in [4.69, 9.17) is 11.5 Å². The van der Waals surface area contributed by atoms with Gasteiger partial charge in [-0.1, -0.05) is 30.3 Å². The maximum atomic E-state index is 11.5. The number of carbonyl (C=O) groups excluding carboxylic acids is 1. The largest absolute Gasteiger partial charge is 0.366 e. The minimum atomic E-state index is -0.502. The summed E-state index contributed by atoms with van der Waals surface area (Å²) >= 11 is 0. The van der Waals surface area contributed by atoms with E-state index in [0.29, 0.717) is 11.3 Å². The van der Waals surface area contributed by atoms with Gasteiger partial charge in [-0.2, -0.15) is 0 Å². The standard InChI is InChI=1S/C13H13N3O/c14-8-11-12(13(15)17)10(6-7-16-11)9-4-2-1-3-5-9/h1-7H,8,14H2,(H2,15,17). The molecule has 2 rings (SSSR count). The summed E-state index contributed by atoms with van der Waals surface area (Å²) in [5.74, 6) is -0.502. The molecule has 0 aliphatic rings. The lowest BCUT2D eigenvalue weighted by molar-refractivity contribution is 0.0999. The highest BCUT2D eigenvalue weighted by molar-refractivity contribution is 6.00. The van der Waals surface area contributed by atoms with Gasteiger partial charge in [-0.05, 0) is 17.2 Å². The Labute approximate surface area is 99.3 Å². The van der Waals surface area contributed by atoms with Gasteiger partial charge < -0.3 is 11.5 Å². The van der Waals surface area contributed by atoms with E-state index in [1.807, 2.05) is 30.3 Å². The second kappa shape index (κ2) is 4.76. The summed E-state index contributed by atoms with van der Waals surface area (Å²) in [6.45, 7) is 0.193. The molecular weight excluding hydrogens is 214 g/mol. The van der Waals surface area contributed by atoms with Crippen LogP contribution in [0.2, 0.25) is 0 Å². The number of amides is 1. The summed E-state index contributed by atoms with van der Waals surface area (Å²) in [5, 5.41) is 0. The number of pyridine rings is 1. The van der Waals surface area contributed by atoms with Crippen LogP contribution in [0.1, 0.15) is 16.1 Å². The predicted molar refractivity (Wildman–Crippen MR) is 66.1 cm³/mol. The molecule has 0 spiro atoms. The minimum Gasteiger partial charge on any atom is -0.366 e. The topological polar surface area (TPSA) is 82.0 Å². The normalized spacial score (nSPS) is 10.2. The molecule has 1 heterocycles. The zero-order valence-electron chi connectivity index (χ0n) is 9.26. The fourth-order valence-electron chi connectivity index (χ4n) is 1.79. The van der Waals surface area contributed by atoms with Crippen molar-refractivity contribution < 1.29 is 4.79 Å². The van der Waals surface area contributed by atoms with Gasteiger partial charge in [0.15, 0.2) is 0 Å². The van der Waals surface area contributed by atoms with E-state index >= 15 is 0 Å². The third kappa shape index (κ3) is 2.16. The first-order valence-corrected chi connectivity index (χ1v) is 5.27. The number of hydrogen-bond acceptors (Lipinski definition) is 3. The average Bonchev–Trinajstić information content (AvgIpc) is 2.38. The van der Waals surface area contributed by atoms with Gasteiger partial charge in [0.25, 0.3) is 5.91 Å². The van der Waals surface area contributed by atoms with Crippen LogP contribution in [0.5, 0.6) is 0 Å². The van der Waals surface area contributed by atoms with Crippen LogP contribution in [0.3, 0.4) is 0 Å². The van der Waals surface area contributed by atoms with Crippen LogP contribution >= 0.6 is 0 Å². The molecule has 1 aromatic carbocycles. The Balaban J connectivity index is 2.66. The molecule has 1 aromatic heterocycles. The zero-order valence-corrected chi connectivity index (χ0v) is 9.26. The van der Waals surface area contributed by atoms with E-state index < -0.39 is 5.91 Å². The Hall–Kier alpha value is -2.20. The molecule has 0 saturated carbocycles. The van der Waals surface area contributed by atoms with Crippen molar-refractivity contribution in [1.29, 1.82) is 0 Å². The molecule has 0 aliphatic heterocycles. The maximum absolute atomic E-state index is 11.5. The van der Waals surface area contributed by atoms with Crippen molar-refractivity contribution in [3.63, 3.8) is 0 Å². The molecule has 0 unspecified atom stereocenters. The van der Waals surface area contributed by atoms with E-state index in [-0.39, 0.29) is 6.54 Å². The fraction of sp³-hybridized carbons (Fsp3) is 0.0769. The fourth-order valence-corrected chi connectivity index (χ4v) is 1.79. The van der Waals surface area contributed by atoms with Crippen molar-refractivity contribution in [3.05, 3.63) is 53.9 Å². The second-order valence-electron chi connectivity index (χ2n) is 3.61. The molecule has 0 radical (unpaired) electrons. The number of primary amides is 1. The quantitative estimate of drug-likeness (QED) is 0.829. The van der Waals surface area contributed by atoms with Gasteiger partial charge in [-0.25, -0.2) is 0 Å². The number of benzene rings is 1. The van der Waals surface area contributed by atoms with Crippen LogP contribution in [-0.4, -0.2) is 10.9 Å². The monoisotopic (exact) mass is 227 g/mol. The number of aromatic nitrogens is 1. The summed E-state index contributed by atoms with van der Waals surface area (Å²) in [4.78, 5) is 15.6. The van der Waals surface area contributed by atoms with Crippen LogP contribution in [0.15, 0.2) is 42.6 Å². The Morgan fingerprint density at radius 3 is 2.47 bits per heavy atom. The third-order valence-corrected chi connectivity index (χ3v) is 2.55. The van der Waals surface area contributed by atoms with E-state index in [0.717, 1.165) is 11.1 Å². The Bertz CT molecular complexity index is 538. The molecule has 17 heavy (non-hydrogen) atoms. The lowest BCUT2D eigenvalue weighted by Crippen LogP contribution is -2.18. The molecule has 4 N–H and O–H groups in total. The minimum absolute atomic E-state index is 0.193. The molecule has 0 bridgehead atoms. The van der Waals surface area contributed by atoms with Crippen molar-refractivity contribution >= 4 is 5.91 Å². The first-order chi connectivity index (χ1) is 8.24. The van der Waals surface area contributed by atoms with E-state index in [1.165, 1.54) is 0 Å². The van der Waals surface area contributed by atoms with Crippen LogP contribution in [0, 0.1) is 0 Å². The molecule has 4 heteroatoms. The Morgan fingerprint density at radius 2 is 1.88 bits per heavy atom. The molecule has 0 fully saturated rings. The van der Waals surface area contributed by atoms with Gasteiger partial charge in [0.1, 0.15) is 0 Å². The van der Waals surface area contributed by atoms with Crippen LogP contribution in [-0.2, 0) is 6.54 Å². The second-order valence-corrected chi connectivity index (χ2v) is 3.61. The summed E-state index contributed by atoms with van der Waals surface area (Å²) in [7, 11) is 0. The Kier molecular flexibility index (Phi) is 3.16. The highest BCUT2D eigenvalue weighted by Gasteiger charge is 2.14. The summed E-state index contributed by atoms with van der Waals surface area (Å²) < 4.78 is 0. The summed E-state index contributed by atoms with van der Waals surface area (Å²) in [6.07, 6.45) is 1.64. The maximum Gasteiger partial charge on any atom is 0.251 e. The van der Waals surface area contributed by atoms with Crippen molar-refractivity contribution in [3.8, 4) is 11.1 Å². The molecule has 2 aromatic rings. The highest BCUT2D eigenvalue weighted by atomic mass is 16.1. The molecule has 86 valence electrons. The Morgan fingerprint density at radius 1 is 1.18 bits per heavy atom. The van der Waals surface area contributed by atoms with Gasteiger partial charge in [0.2, 0.25) is 0 Å². The van der Waals surface area contributed by atoms with Gasteiger partial charge in [0, 0.05) is 12.7 Å². The SMILES string of the molecule is NCc1nccc(-c2ccccc2)c1C(N)=O. The van der Waals surface area contributed by atoms with Gasteiger partial charge >= 0.3 is 0 Å². The summed E-state index contributed by atoms with van der Waals surface area (Å²) in [6, 6.07) is 11.3. The molecule has 0 aliphatic carbocycles. The summed E-state index contributed by atoms with van der Waals surface area (Å²) in [5.41, 5.74) is 13.6. The lowest BCUT2D eigenvalue weighted by atomic mass is 9.98. The number of hydrogen-bond donors (Lipinski definition) is 2. The third-order valence-electron chi connectivity index (χ3n) is 2.55. The van der Waals surface area contributed by atoms with Crippen LogP contribution in [0.25, 0.3) is 11.1 Å². The number of nitrogens with zero attached hydrogens (tertiary/aromatic N) is 1. The molecule has 1 amide bonds. The van der Waals surface area contributed by atoms with Gasteiger partial charge in [-0.15, -0.1) is 0 Å². The van der Waals surface area contributed by atoms with Crippen LogP contribution < -0.4 is 11.5 Å².